The van der Waals surface area contributed by atoms with Crippen LogP contribution in [0.3, 0.4) is 0 Å². The molecule has 1 saturated heterocycles. The first-order valence-electron chi connectivity index (χ1n) is 6.20. The van der Waals surface area contributed by atoms with Crippen molar-refractivity contribution in [3.8, 4) is 0 Å². The summed E-state index contributed by atoms with van der Waals surface area (Å²) in [4.78, 5) is 11.0. The number of amides is 1. The molecule has 0 aliphatic carbocycles. The van der Waals surface area contributed by atoms with Gasteiger partial charge in [0.25, 0.3) is 0 Å². The van der Waals surface area contributed by atoms with Gasteiger partial charge in [-0.15, -0.1) is 0 Å². The first-order chi connectivity index (χ1) is 7.15. The molecule has 0 spiro atoms. The first kappa shape index (κ1) is 12.5. The van der Waals surface area contributed by atoms with Crippen LogP contribution in [-0.2, 0) is 4.79 Å². The maximum atomic E-state index is 11.0. The number of hydrogen-bond donors (Lipinski definition) is 2. The van der Waals surface area contributed by atoms with Crippen molar-refractivity contribution in [2.75, 3.05) is 6.54 Å². The van der Waals surface area contributed by atoms with Gasteiger partial charge in [-0.1, -0.05) is 20.8 Å². The van der Waals surface area contributed by atoms with E-state index in [1.807, 2.05) is 0 Å². The molecule has 0 aromatic heterocycles. The minimum Gasteiger partial charge on any atom is -0.352 e. The van der Waals surface area contributed by atoms with Gasteiger partial charge in [-0.25, -0.2) is 0 Å². The second kappa shape index (κ2) is 5.50. The smallest absolute Gasteiger partial charge is 0.220 e. The number of hydrogen-bond acceptors (Lipinski definition) is 2. The molecule has 0 aromatic carbocycles. The van der Waals surface area contributed by atoms with Gasteiger partial charge in [0.15, 0.2) is 0 Å². The van der Waals surface area contributed by atoms with Crippen molar-refractivity contribution in [1.82, 2.24) is 10.6 Å². The summed E-state index contributed by atoms with van der Waals surface area (Å²) in [6.07, 6.45) is 5.14. The molecule has 0 aromatic rings. The highest BCUT2D eigenvalue weighted by atomic mass is 16.1. The number of rotatable bonds is 6. The molecule has 1 unspecified atom stereocenters. The molecule has 88 valence electrons. The number of carbonyl (C=O) groups excluding carboxylic acids is 1. The van der Waals surface area contributed by atoms with Crippen molar-refractivity contribution in [2.45, 2.75) is 64.5 Å². The van der Waals surface area contributed by atoms with Crippen LogP contribution >= 0.6 is 0 Å². The van der Waals surface area contributed by atoms with Gasteiger partial charge in [-0.05, 0) is 25.7 Å². The Labute approximate surface area is 93.0 Å². The van der Waals surface area contributed by atoms with Gasteiger partial charge in [0.2, 0.25) is 5.91 Å². The molecular formula is C12H24N2O. The summed E-state index contributed by atoms with van der Waals surface area (Å²) in [7, 11) is 0. The molecule has 3 heteroatoms. The molecule has 1 aliphatic heterocycles. The molecule has 0 saturated carbocycles. The highest BCUT2D eigenvalue weighted by Crippen LogP contribution is 2.19. The highest BCUT2D eigenvalue weighted by molar-refractivity contribution is 5.78. The predicted octanol–water partition coefficient (Wildman–Crippen LogP) is 1.82. The molecule has 0 bridgehead atoms. The van der Waals surface area contributed by atoms with Crippen LogP contribution in [0.4, 0.5) is 0 Å². The molecule has 1 amide bonds. The van der Waals surface area contributed by atoms with Gasteiger partial charge in [0.05, 0.1) is 0 Å². The van der Waals surface area contributed by atoms with Crippen LogP contribution in [0.1, 0.15) is 52.9 Å². The van der Waals surface area contributed by atoms with E-state index >= 15 is 0 Å². The van der Waals surface area contributed by atoms with Gasteiger partial charge in [0, 0.05) is 24.5 Å². The van der Waals surface area contributed by atoms with Gasteiger partial charge < -0.3 is 10.6 Å². The third kappa shape index (κ3) is 3.20. The molecule has 0 radical (unpaired) electrons. The average Bonchev–Trinajstić information content (AvgIpc) is 2.67. The Balaban J connectivity index is 2.36. The zero-order valence-corrected chi connectivity index (χ0v) is 10.2. The lowest BCUT2D eigenvalue weighted by Gasteiger charge is -2.33. The fourth-order valence-electron chi connectivity index (χ4n) is 2.30. The van der Waals surface area contributed by atoms with Gasteiger partial charge in [-0.2, -0.15) is 0 Å². The molecule has 1 heterocycles. The molecule has 1 rings (SSSR count). The third-order valence-electron chi connectivity index (χ3n) is 3.84. The summed E-state index contributed by atoms with van der Waals surface area (Å²) >= 11 is 0. The summed E-state index contributed by atoms with van der Waals surface area (Å²) in [5, 5.41) is 6.63. The Bertz CT molecular complexity index is 203. The van der Waals surface area contributed by atoms with Crippen molar-refractivity contribution < 1.29 is 4.79 Å². The van der Waals surface area contributed by atoms with Crippen molar-refractivity contribution >= 4 is 5.91 Å². The Kier molecular flexibility index (Phi) is 4.58. The molecule has 3 nitrogen and oxygen atoms in total. The van der Waals surface area contributed by atoms with Crippen LogP contribution in [0.5, 0.6) is 0 Å². The fourth-order valence-corrected chi connectivity index (χ4v) is 2.30. The predicted molar refractivity (Wildman–Crippen MR) is 62.8 cm³/mol. The summed E-state index contributed by atoms with van der Waals surface area (Å²) in [5.74, 6) is 0.205. The topological polar surface area (TPSA) is 41.1 Å². The van der Waals surface area contributed by atoms with E-state index in [9.17, 15) is 4.79 Å². The van der Waals surface area contributed by atoms with E-state index in [-0.39, 0.29) is 11.4 Å². The van der Waals surface area contributed by atoms with Crippen LogP contribution < -0.4 is 10.6 Å². The lowest BCUT2D eigenvalue weighted by atomic mass is 9.89. The summed E-state index contributed by atoms with van der Waals surface area (Å²) in [5.41, 5.74) is 0.271. The normalized spacial score (nSPS) is 21.8. The quantitative estimate of drug-likeness (QED) is 0.705. The van der Waals surface area contributed by atoms with Crippen molar-refractivity contribution in [3.63, 3.8) is 0 Å². The first-order valence-corrected chi connectivity index (χ1v) is 6.20. The standard InChI is InChI=1S/C12H24N2O/c1-4-12(5-2,6-3)13-9-10-7-8-11(15)14-10/h10,13H,4-9H2,1-3H3,(H,14,15). The maximum absolute atomic E-state index is 11.0. The van der Waals surface area contributed by atoms with Crippen LogP contribution in [0, 0.1) is 0 Å². The molecular weight excluding hydrogens is 188 g/mol. The van der Waals surface area contributed by atoms with E-state index in [1.165, 1.54) is 0 Å². The van der Waals surface area contributed by atoms with E-state index in [2.05, 4.69) is 31.4 Å². The van der Waals surface area contributed by atoms with E-state index in [4.69, 9.17) is 0 Å². The SMILES string of the molecule is CCC(CC)(CC)NCC1CCC(=O)N1. The third-order valence-corrected chi connectivity index (χ3v) is 3.84. The second-order valence-electron chi connectivity index (χ2n) is 4.53. The Morgan fingerprint density at radius 2 is 1.93 bits per heavy atom. The fraction of sp³-hybridized carbons (Fsp3) is 0.917. The lowest BCUT2D eigenvalue weighted by Crippen LogP contribution is -2.48. The minimum atomic E-state index is 0.205. The number of nitrogens with one attached hydrogen (secondary N) is 2. The zero-order chi connectivity index (χ0) is 11.3. The molecule has 1 aliphatic rings. The zero-order valence-electron chi connectivity index (χ0n) is 10.2. The van der Waals surface area contributed by atoms with Crippen LogP contribution in [0.25, 0.3) is 0 Å². The Morgan fingerprint density at radius 3 is 2.33 bits per heavy atom. The number of carbonyl (C=O) groups is 1. The average molecular weight is 212 g/mol. The molecule has 1 atom stereocenters. The van der Waals surface area contributed by atoms with E-state index in [0.717, 1.165) is 32.2 Å². The maximum Gasteiger partial charge on any atom is 0.220 e. The van der Waals surface area contributed by atoms with Crippen LogP contribution in [-0.4, -0.2) is 24.0 Å². The largest absolute Gasteiger partial charge is 0.352 e. The highest BCUT2D eigenvalue weighted by Gasteiger charge is 2.26. The summed E-state index contributed by atoms with van der Waals surface area (Å²) < 4.78 is 0. The van der Waals surface area contributed by atoms with Gasteiger partial charge in [-0.3, -0.25) is 4.79 Å². The summed E-state index contributed by atoms with van der Waals surface area (Å²) in [6, 6.07) is 0.349. The van der Waals surface area contributed by atoms with Crippen LogP contribution in [0.15, 0.2) is 0 Å². The summed E-state index contributed by atoms with van der Waals surface area (Å²) in [6.45, 7) is 7.61. The molecule has 15 heavy (non-hydrogen) atoms. The van der Waals surface area contributed by atoms with Crippen molar-refractivity contribution in [1.29, 1.82) is 0 Å². The molecule has 1 fully saturated rings. The van der Waals surface area contributed by atoms with Crippen molar-refractivity contribution in [3.05, 3.63) is 0 Å². The second-order valence-corrected chi connectivity index (χ2v) is 4.53. The lowest BCUT2D eigenvalue weighted by molar-refractivity contribution is -0.119. The Hall–Kier alpha value is -0.570. The van der Waals surface area contributed by atoms with E-state index in [0.29, 0.717) is 12.5 Å². The van der Waals surface area contributed by atoms with Crippen LogP contribution in [0.2, 0.25) is 0 Å². The Morgan fingerprint density at radius 1 is 1.33 bits per heavy atom. The monoisotopic (exact) mass is 212 g/mol. The molecule has 2 N–H and O–H groups in total. The van der Waals surface area contributed by atoms with Crippen molar-refractivity contribution in [2.24, 2.45) is 0 Å². The minimum absolute atomic E-state index is 0.205. The van der Waals surface area contributed by atoms with E-state index < -0.39 is 0 Å². The van der Waals surface area contributed by atoms with E-state index in [1.54, 1.807) is 0 Å². The van der Waals surface area contributed by atoms with Gasteiger partial charge in [0.1, 0.15) is 0 Å². The van der Waals surface area contributed by atoms with Gasteiger partial charge >= 0.3 is 0 Å².